The molecule has 2 aromatic rings. The van der Waals surface area contributed by atoms with E-state index in [1.54, 1.807) is 18.3 Å². The first kappa shape index (κ1) is 33.7. The Morgan fingerprint density at radius 3 is 2.71 bits per heavy atom. The van der Waals surface area contributed by atoms with Gasteiger partial charge in [0.25, 0.3) is 0 Å². The number of benzene rings is 1. The quantitative estimate of drug-likeness (QED) is 0.278. The number of anilines is 1. The molecule has 4 unspecified atom stereocenters. The standard InChI is InChI=1S/C36H45N3O6/c1-4-25-7-9-33(45-24(2)41)21-32(42)18-26(27-8-10-34(43)35(19-27)44-3)6-5-13-38-36-20-28(11-14-39-36)29(12-15-40)17-31-23-37-22-30(31)16-25/h8,10-11,14,19-20,22,25-26,29,33,40,43H,4,7,9,12-13,15-18,21,23H2,1-3H3,(H,38,39). The van der Waals surface area contributed by atoms with Gasteiger partial charge in [0.1, 0.15) is 17.7 Å². The van der Waals surface area contributed by atoms with Crippen LogP contribution in [0, 0.1) is 17.8 Å². The minimum atomic E-state index is -0.519. The molecule has 0 radical (unpaired) electrons. The van der Waals surface area contributed by atoms with Crippen molar-refractivity contribution >= 4 is 23.8 Å². The van der Waals surface area contributed by atoms with E-state index in [1.165, 1.54) is 31.2 Å². The Bertz CT molecular complexity index is 1460. The molecule has 1 aromatic carbocycles. The van der Waals surface area contributed by atoms with Crippen LogP contribution >= 0.6 is 0 Å². The normalized spacial score (nSPS) is 22.9. The Morgan fingerprint density at radius 2 is 1.96 bits per heavy atom. The Morgan fingerprint density at radius 1 is 1.11 bits per heavy atom. The fraction of sp³-hybridized carbons (Fsp3) is 0.500. The summed E-state index contributed by atoms with van der Waals surface area (Å²) in [6.45, 7) is 4.59. The van der Waals surface area contributed by atoms with E-state index in [1.807, 2.05) is 18.3 Å². The first-order valence-corrected chi connectivity index (χ1v) is 15.8. The van der Waals surface area contributed by atoms with Gasteiger partial charge < -0.3 is 25.0 Å². The lowest BCUT2D eigenvalue weighted by molar-refractivity contribution is -0.148. The predicted octanol–water partition coefficient (Wildman–Crippen LogP) is 5.72. The molecule has 9 heteroatoms. The van der Waals surface area contributed by atoms with Crippen molar-refractivity contribution in [1.29, 1.82) is 0 Å². The van der Waals surface area contributed by atoms with Crippen molar-refractivity contribution in [3.63, 3.8) is 0 Å². The maximum atomic E-state index is 13.5. The highest BCUT2D eigenvalue weighted by Crippen LogP contribution is 2.34. The van der Waals surface area contributed by atoms with Crippen molar-refractivity contribution in [1.82, 2.24) is 4.98 Å². The lowest BCUT2D eigenvalue weighted by Crippen LogP contribution is -2.22. The number of rotatable bonds is 6. The van der Waals surface area contributed by atoms with Crippen molar-refractivity contribution in [3.05, 3.63) is 58.8 Å². The lowest BCUT2D eigenvalue weighted by Gasteiger charge is -2.22. The van der Waals surface area contributed by atoms with Crippen LogP contribution in [-0.2, 0) is 14.3 Å². The number of nitrogens with zero attached hydrogens (tertiary/aromatic N) is 2. The van der Waals surface area contributed by atoms with E-state index in [0.717, 1.165) is 36.8 Å². The number of aliphatic hydroxyl groups is 1. The number of phenolic OH excluding ortho intramolecular Hbond substituents is 1. The Hall–Kier alpha value is -4.16. The summed E-state index contributed by atoms with van der Waals surface area (Å²) in [5, 5.41) is 23.3. The van der Waals surface area contributed by atoms with Gasteiger partial charge in [-0.05, 0) is 90.5 Å². The molecule has 2 aliphatic heterocycles. The molecule has 0 fully saturated rings. The van der Waals surface area contributed by atoms with Crippen molar-refractivity contribution < 1.29 is 29.3 Å². The number of aliphatic imine (C=N–C) groups is 1. The van der Waals surface area contributed by atoms with Crippen molar-refractivity contribution in [2.75, 3.05) is 32.1 Å². The number of fused-ring (bicyclic) bond motifs is 2. The number of ether oxygens (including phenoxy) is 2. The summed E-state index contributed by atoms with van der Waals surface area (Å²) < 4.78 is 11.0. The average molecular weight is 616 g/mol. The summed E-state index contributed by atoms with van der Waals surface area (Å²) in [4.78, 5) is 34.5. The summed E-state index contributed by atoms with van der Waals surface area (Å²) in [6, 6.07) is 9.00. The fourth-order valence-electron chi connectivity index (χ4n) is 6.15. The molecule has 0 spiro atoms. The number of hydrogen-bond donors (Lipinski definition) is 3. The van der Waals surface area contributed by atoms with E-state index in [4.69, 9.17) is 9.47 Å². The maximum Gasteiger partial charge on any atom is 0.302 e. The number of allylic oxidation sites excluding steroid dienone is 1. The van der Waals surface area contributed by atoms with E-state index in [-0.39, 0.29) is 36.9 Å². The van der Waals surface area contributed by atoms with Crippen LogP contribution in [0.1, 0.15) is 88.2 Å². The van der Waals surface area contributed by atoms with Crippen LogP contribution in [0.25, 0.3) is 0 Å². The molecule has 4 atom stereocenters. The van der Waals surface area contributed by atoms with Crippen LogP contribution in [0.2, 0.25) is 0 Å². The Balaban J connectivity index is 1.67. The summed E-state index contributed by atoms with van der Waals surface area (Å²) in [6.07, 6.45) is 8.13. The molecule has 1 aromatic heterocycles. The number of ketones is 1. The molecule has 2 aliphatic rings. The van der Waals surface area contributed by atoms with Crippen molar-refractivity contribution in [2.45, 2.75) is 83.2 Å². The molecule has 0 saturated heterocycles. The third-order valence-electron chi connectivity index (χ3n) is 8.65. The molecule has 45 heavy (non-hydrogen) atoms. The third-order valence-corrected chi connectivity index (χ3v) is 8.65. The number of aromatic hydroxyl groups is 1. The Labute approximate surface area is 266 Å². The number of carbonyl (C=O) groups is 2. The molecule has 240 valence electrons. The van der Waals surface area contributed by atoms with E-state index in [2.05, 4.69) is 34.1 Å². The highest BCUT2D eigenvalue weighted by Gasteiger charge is 2.24. The van der Waals surface area contributed by atoms with E-state index >= 15 is 0 Å². The Kier molecular flexibility index (Phi) is 12.6. The number of hydrogen-bond acceptors (Lipinski definition) is 9. The number of pyridine rings is 1. The predicted molar refractivity (Wildman–Crippen MR) is 175 cm³/mol. The number of nitrogens with one attached hydrogen (secondary N) is 1. The SMILES string of the molecule is CCC1CCC(OC(C)=O)CC(=O)CC(c2ccc(O)c(OC)c2)C#CCNc2cc(ccn2)C(CCO)CC2=C(C=NC2)C1. The molecule has 0 aliphatic carbocycles. The molecule has 4 rings (SSSR count). The monoisotopic (exact) mass is 615 g/mol. The van der Waals surface area contributed by atoms with Crippen LogP contribution in [0.5, 0.6) is 11.5 Å². The number of phenols is 1. The van der Waals surface area contributed by atoms with Crippen LogP contribution < -0.4 is 10.1 Å². The van der Waals surface area contributed by atoms with E-state index in [9.17, 15) is 19.8 Å². The number of Topliss-reactive ketones (excluding diaryl/α,β-unsaturated/α-hetero) is 1. The van der Waals surface area contributed by atoms with E-state index < -0.39 is 18.0 Å². The number of aliphatic hydroxyl groups excluding tert-OH is 1. The number of methoxy groups -OCH3 is 1. The van der Waals surface area contributed by atoms with E-state index in [0.29, 0.717) is 43.4 Å². The van der Waals surface area contributed by atoms with Crippen LogP contribution in [0.4, 0.5) is 5.82 Å². The third kappa shape index (κ3) is 9.92. The molecule has 2 bridgehead atoms. The first-order chi connectivity index (χ1) is 21.8. The van der Waals surface area contributed by atoms with Gasteiger partial charge in [-0.2, -0.15) is 0 Å². The van der Waals surface area contributed by atoms with Crippen LogP contribution in [-0.4, -0.2) is 66.1 Å². The lowest BCUT2D eigenvalue weighted by atomic mass is 9.85. The second kappa shape index (κ2) is 16.8. The minimum Gasteiger partial charge on any atom is -0.504 e. The topological polar surface area (TPSA) is 130 Å². The van der Waals surface area contributed by atoms with Gasteiger partial charge in [-0.3, -0.25) is 14.6 Å². The zero-order chi connectivity index (χ0) is 32.2. The van der Waals surface area contributed by atoms with Crippen molar-refractivity contribution in [3.8, 4) is 23.3 Å². The zero-order valence-corrected chi connectivity index (χ0v) is 26.6. The fourth-order valence-corrected chi connectivity index (χ4v) is 6.15. The highest BCUT2D eigenvalue weighted by molar-refractivity contribution is 5.82. The van der Waals surface area contributed by atoms with Gasteiger partial charge in [0, 0.05) is 38.8 Å². The molecule has 3 heterocycles. The smallest absolute Gasteiger partial charge is 0.302 e. The van der Waals surface area contributed by atoms with Gasteiger partial charge in [-0.1, -0.05) is 31.3 Å². The number of esters is 1. The van der Waals surface area contributed by atoms with Gasteiger partial charge >= 0.3 is 5.97 Å². The van der Waals surface area contributed by atoms with Crippen LogP contribution in [0.3, 0.4) is 0 Å². The van der Waals surface area contributed by atoms with Gasteiger partial charge in [-0.25, -0.2) is 4.98 Å². The second-order valence-corrected chi connectivity index (χ2v) is 11.9. The second-order valence-electron chi connectivity index (χ2n) is 11.9. The number of aromatic nitrogens is 1. The van der Waals surface area contributed by atoms with Gasteiger partial charge in [-0.15, -0.1) is 0 Å². The molecule has 0 amide bonds. The van der Waals surface area contributed by atoms with Crippen LogP contribution in [0.15, 0.2) is 52.7 Å². The summed E-state index contributed by atoms with van der Waals surface area (Å²) in [5.41, 5.74) is 4.38. The molecule has 3 N–H and O–H groups in total. The highest BCUT2D eigenvalue weighted by atomic mass is 16.5. The maximum absolute atomic E-state index is 13.5. The molecular weight excluding hydrogens is 570 g/mol. The van der Waals surface area contributed by atoms with Gasteiger partial charge in [0.15, 0.2) is 11.5 Å². The molecular formula is C36H45N3O6. The first-order valence-electron chi connectivity index (χ1n) is 15.8. The molecule has 9 nitrogen and oxygen atoms in total. The zero-order valence-electron chi connectivity index (χ0n) is 26.6. The molecule has 0 saturated carbocycles. The summed E-state index contributed by atoms with van der Waals surface area (Å²) in [5.74, 6) is 6.93. The summed E-state index contributed by atoms with van der Waals surface area (Å²) in [7, 11) is 1.48. The van der Waals surface area contributed by atoms with Gasteiger partial charge in [0.2, 0.25) is 0 Å². The summed E-state index contributed by atoms with van der Waals surface area (Å²) >= 11 is 0. The largest absolute Gasteiger partial charge is 0.504 e. The average Bonchev–Trinajstić information content (AvgIpc) is 3.46. The van der Waals surface area contributed by atoms with Crippen molar-refractivity contribution in [2.24, 2.45) is 10.9 Å². The number of carbonyl (C=O) groups excluding carboxylic acids is 2. The minimum absolute atomic E-state index is 0.00623. The van der Waals surface area contributed by atoms with Gasteiger partial charge in [0.05, 0.1) is 26.1 Å².